The van der Waals surface area contributed by atoms with Crippen LogP contribution in [-0.4, -0.2) is 41.5 Å². The Morgan fingerprint density at radius 2 is 1.73 bits per heavy atom. The molecule has 1 saturated heterocycles. The fourth-order valence-electron chi connectivity index (χ4n) is 4.20. The molecule has 0 aliphatic carbocycles. The molecule has 30 heavy (non-hydrogen) atoms. The third kappa shape index (κ3) is 4.21. The SMILES string of the molecule is C[C@@H](NCC1CCN(C(=O)c2ccc(C(=O)O)cc2)C1)c1cccc2ccccc12. The summed E-state index contributed by atoms with van der Waals surface area (Å²) in [5, 5.41) is 15.2. The van der Waals surface area contributed by atoms with Gasteiger partial charge in [-0.25, -0.2) is 4.79 Å². The number of carbonyl (C=O) groups is 2. The number of aromatic carboxylic acids is 1. The minimum Gasteiger partial charge on any atom is -0.478 e. The van der Waals surface area contributed by atoms with Gasteiger partial charge in [0.2, 0.25) is 0 Å². The van der Waals surface area contributed by atoms with Crippen molar-refractivity contribution in [3.05, 3.63) is 83.4 Å². The second-order valence-corrected chi connectivity index (χ2v) is 7.99. The largest absolute Gasteiger partial charge is 0.478 e. The Morgan fingerprint density at radius 1 is 1.03 bits per heavy atom. The Balaban J connectivity index is 1.34. The van der Waals surface area contributed by atoms with Gasteiger partial charge < -0.3 is 15.3 Å². The lowest BCUT2D eigenvalue weighted by atomic mass is 9.99. The molecule has 1 heterocycles. The van der Waals surface area contributed by atoms with Gasteiger partial charge in [-0.1, -0.05) is 42.5 Å². The van der Waals surface area contributed by atoms with Gasteiger partial charge in [-0.3, -0.25) is 4.79 Å². The fraction of sp³-hybridized carbons (Fsp3) is 0.280. The van der Waals surface area contributed by atoms with Crippen LogP contribution in [0.3, 0.4) is 0 Å². The Kier molecular flexibility index (Phi) is 5.81. The van der Waals surface area contributed by atoms with Crippen LogP contribution in [0.4, 0.5) is 0 Å². The standard InChI is InChI=1S/C25H26N2O3/c1-17(22-8-4-6-19-5-2-3-7-23(19)22)26-15-18-13-14-27(16-18)24(28)20-9-11-21(12-10-20)25(29)30/h2-12,17-18,26H,13-16H2,1H3,(H,29,30)/t17-,18?/m1/s1. The maximum Gasteiger partial charge on any atom is 0.335 e. The summed E-state index contributed by atoms with van der Waals surface area (Å²) in [4.78, 5) is 25.6. The molecule has 3 aromatic rings. The van der Waals surface area contributed by atoms with Crippen molar-refractivity contribution >= 4 is 22.6 Å². The number of benzene rings is 3. The van der Waals surface area contributed by atoms with Crippen molar-refractivity contribution in [1.82, 2.24) is 10.2 Å². The van der Waals surface area contributed by atoms with Crippen molar-refractivity contribution in [3.63, 3.8) is 0 Å². The summed E-state index contributed by atoms with van der Waals surface area (Å²) in [6, 6.07) is 21.2. The maximum atomic E-state index is 12.7. The van der Waals surface area contributed by atoms with Gasteiger partial charge in [0.15, 0.2) is 0 Å². The van der Waals surface area contributed by atoms with Gasteiger partial charge in [-0.2, -0.15) is 0 Å². The molecule has 5 nitrogen and oxygen atoms in total. The molecule has 2 atom stereocenters. The highest BCUT2D eigenvalue weighted by atomic mass is 16.4. The van der Waals surface area contributed by atoms with Crippen LogP contribution in [0.15, 0.2) is 66.7 Å². The second kappa shape index (κ2) is 8.67. The van der Waals surface area contributed by atoms with Gasteiger partial charge in [0.25, 0.3) is 5.91 Å². The number of fused-ring (bicyclic) bond motifs is 1. The minimum absolute atomic E-state index is 0.0310. The van der Waals surface area contributed by atoms with Gasteiger partial charge in [0.05, 0.1) is 5.56 Å². The number of likely N-dealkylation sites (tertiary alicyclic amines) is 1. The molecule has 0 saturated carbocycles. The van der Waals surface area contributed by atoms with E-state index >= 15 is 0 Å². The Bertz CT molecular complexity index is 1060. The molecule has 1 fully saturated rings. The van der Waals surface area contributed by atoms with E-state index < -0.39 is 5.97 Å². The first kappa shape index (κ1) is 20.1. The number of carboxylic acid groups (broad SMARTS) is 1. The third-order valence-corrected chi connectivity index (χ3v) is 5.95. The molecular formula is C25H26N2O3. The van der Waals surface area contributed by atoms with Crippen molar-refractivity contribution in [1.29, 1.82) is 0 Å². The monoisotopic (exact) mass is 402 g/mol. The highest BCUT2D eigenvalue weighted by Crippen LogP contribution is 2.25. The van der Waals surface area contributed by atoms with Gasteiger partial charge in [-0.15, -0.1) is 0 Å². The zero-order valence-electron chi connectivity index (χ0n) is 17.0. The van der Waals surface area contributed by atoms with Gasteiger partial charge in [-0.05, 0) is 59.9 Å². The average Bonchev–Trinajstić information content (AvgIpc) is 3.25. The lowest BCUT2D eigenvalue weighted by Crippen LogP contribution is -2.31. The number of hydrogen-bond acceptors (Lipinski definition) is 3. The Morgan fingerprint density at radius 3 is 2.50 bits per heavy atom. The zero-order valence-corrected chi connectivity index (χ0v) is 17.0. The van der Waals surface area contributed by atoms with E-state index in [0.29, 0.717) is 11.5 Å². The first-order chi connectivity index (χ1) is 14.5. The molecule has 1 amide bonds. The van der Waals surface area contributed by atoms with E-state index in [1.807, 2.05) is 4.90 Å². The smallest absolute Gasteiger partial charge is 0.335 e. The lowest BCUT2D eigenvalue weighted by molar-refractivity contribution is 0.0695. The Labute approximate surface area is 176 Å². The molecule has 2 N–H and O–H groups in total. The fourth-order valence-corrected chi connectivity index (χ4v) is 4.20. The molecule has 0 aromatic heterocycles. The number of hydrogen-bond donors (Lipinski definition) is 2. The summed E-state index contributed by atoms with van der Waals surface area (Å²) >= 11 is 0. The second-order valence-electron chi connectivity index (χ2n) is 7.99. The van der Waals surface area contributed by atoms with Crippen molar-refractivity contribution in [2.45, 2.75) is 19.4 Å². The van der Waals surface area contributed by atoms with Crippen molar-refractivity contribution in [2.75, 3.05) is 19.6 Å². The molecule has 4 rings (SSSR count). The molecular weight excluding hydrogens is 376 g/mol. The van der Waals surface area contributed by atoms with Gasteiger partial charge >= 0.3 is 5.97 Å². The first-order valence-corrected chi connectivity index (χ1v) is 10.4. The molecule has 0 radical (unpaired) electrons. The summed E-state index contributed by atoms with van der Waals surface area (Å²) < 4.78 is 0. The summed E-state index contributed by atoms with van der Waals surface area (Å²) in [5.41, 5.74) is 2.02. The van der Waals surface area contributed by atoms with E-state index in [1.165, 1.54) is 28.5 Å². The van der Waals surface area contributed by atoms with Crippen molar-refractivity contribution in [2.24, 2.45) is 5.92 Å². The molecule has 5 heteroatoms. The zero-order chi connectivity index (χ0) is 21.1. The molecule has 1 unspecified atom stereocenters. The predicted molar refractivity (Wildman–Crippen MR) is 118 cm³/mol. The number of nitrogens with zero attached hydrogens (tertiary/aromatic N) is 1. The normalized spacial score (nSPS) is 17.2. The van der Waals surface area contributed by atoms with Crippen LogP contribution in [-0.2, 0) is 0 Å². The summed E-state index contributed by atoms with van der Waals surface area (Å²) in [6.45, 7) is 4.49. The molecule has 1 aliphatic rings. The van der Waals surface area contributed by atoms with Gasteiger partial charge in [0.1, 0.15) is 0 Å². The van der Waals surface area contributed by atoms with Crippen molar-refractivity contribution in [3.8, 4) is 0 Å². The Hall–Kier alpha value is -3.18. The molecule has 3 aromatic carbocycles. The van der Waals surface area contributed by atoms with Crippen LogP contribution in [0.25, 0.3) is 10.8 Å². The van der Waals surface area contributed by atoms with E-state index in [1.54, 1.807) is 12.1 Å². The third-order valence-electron chi connectivity index (χ3n) is 5.95. The lowest BCUT2D eigenvalue weighted by Gasteiger charge is -2.20. The van der Waals surface area contributed by atoms with E-state index in [9.17, 15) is 9.59 Å². The topological polar surface area (TPSA) is 69.6 Å². The van der Waals surface area contributed by atoms with E-state index in [-0.39, 0.29) is 17.5 Å². The number of carbonyl (C=O) groups excluding carboxylic acids is 1. The summed E-state index contributed by atoms with van der Waals surface area (Å²) in [6.07, 6.45) is 0.966. The number of amides is 1. The molecule has 0 bridgehead atoms. The van der Waals surface area contributed by atoms with Crippen LogP contribution in [0.1, 0.15) is 45.7 Å². The highest BCUT2D eigenvalue weighted by molar-refractivity contribution is 5.96. The number of carboxylic acids is 1. The molecule has 1 aliphatic heterocycles. The van der Waals surface area contributed by atoms with Crippen LogP contribution >= 0.6 is 0 Å². The van der Waals surface area contributed by atoms with Crippen molar-refractivity contribution < 1.29 is 14.7 Å². The van der Waals surface area contributed by atoms with E-state index in [2.05, 4.69) is 54.7 Å². The predicted octanol–water partition coefficient (Wildman–Crippen LogP) is 4.35. The van der Waals surface area contributed by atoms with E-state index in [0.717, 1.165) is 26.1 Å². The minimum atomic E-state index is -0.985. The quantitative estimate of drug-likeness (QED) is 0.643. The highest BCUT2D eigenvalue weighted by Gasteiger charge is 2.27. The summed E-state index contributed by atoms with van der Waals surface area (Å²) in [5.74, 6) is -0.608. The maximum absolute atomic E-state index is 12.7. The number of nitrogens with one attached hydrogen (secondary N) is 1. The molecule has 0 spiro atoms. The van der Waals surface area contributed by atoms with Crippen LogP contribution in [0.5, 0.6) is 0 Å². The molecule has 154 valence electrons. The average molecular weight is 402 g/mol. The van der Waals surface area contributed by atoms with Crippen LogP contribution < -0.4 is 5.32 Å². The van der Waals surface area contributed by atoms with Gasteiger partial charge in [0, 0.05) is 31.2 Å². The van der Waals surface area contributed by atoms with Crippen LogP contribution in [0, 0.1) is 5.92 Å². The summed E-state index contributed by atoms with van der Waals surface area (Å²) in [7, 11) is 0. The number of rotatable bonds is 6. The van der Waals surface area contributed by atoms with Crippen LogP contribution in [0.2, 0.25) is 0 Å². The van der Waals surface area contributed by atoms with E-state index in [4.69, 9.17) is 5.11 Å². The first-order valence-electron chi connectivity index (χ1n) is 10.4.